The maximum atomic E-state index is 12.5. The molecular formula is C17H17NO. The molecule has 0 atom stereocenters. The average molecular weight is 251 g/mol. The third kappa shape index (κ3) is 2.26. The van der Waals surface area contributed by atoms with E-state index >= 15 is 0 Å². The van der Waals surface area contributed by atoms with Crippen LogP contribution in [0, 0.1) is 0 Å². The van der Waals surface area contributed by atoms with Gasteiger partial charge in [0.15, 0.2) is 5.78 Å². The van der Waals surface area contributed by atoms with Gasteiger partial charge in [-0.2, -0.15) is 0 Å². The number of nitrogens with one attached hydrogen (secondary N) is 1. The van der Waals surface area contributed by atoms with Gasteiger partial charge in [-0.05, 0) is 48.6 Å². The third-order valence-electron chi connectivity index (χ3n) is 3.77. The second kappa shape index (κ2) is 4.88. The van der Waals surface area contributed by atoms with E-state index in [1.165, 1.54) is 17.5 Å². The molecule has 19 heavy (non-hydrogen) atoms. The van der Waals surface area contributed by atoms with Crippen LogP contribution in [0.2, 0.25) is 0 Å². The Morgan fingerprint density at radius 3 is 2.63 bits per heavy atom. The summed E-state index contributed by atoms with van der Waals surface area (Å²) in [4.78, 5) is 12.5. The molecule has 1 N–H and O–H groups in total. The predicted molar refractivity (Wildman–Crippen MR) is 77.9 cm³/mol. The number of ketones is 1. The Morgan fingerprint density at radius 1 is 1.00 bits per heavy atom. The Kier molecular flexibility index (Phi) is 3.08. The summed E-state index contributed by atoms with van der Waals surface area (Å²) in [5.74, 6) is 0.104. The molecular weight excluding hydrogens is 234 g/mol. The van der Waals surface area contributed by atoms with Gasteiger partial charge in [-0.1, -0.05) is 24.3 Å². The predicted octanol–water partition coefficient (Wildman–Crippen LogP) is 3.45. The number of hydrogen-bond acceptors (Lipinski definition) is 2. The van der Waals surface area contributed by atoms with Gasteiger partial charge >= 0.3 is 0 Å². The molecule has 0 fully saturated rings. The molecule has 96 valence electrons. The first-order valence-electron chi connectivity index (χ1n) is 6.72. The van der Waals surface area contributed by atoms with Crippen LogP contribution in [0.5, 0.6) is 0 Å². The lowest BCUT2D eigenvalue weighted by Crippen LogP contribution is -2.03. The van der Waals surface area contributed by atoms with E-state index in [0.717, 1.165) is 29.7 Å². The van der Waals surface area contributed by atoms with Crippen LogP contribution in [0.1, 0.15) is 33.5 Å². The van der Waals surface area contributed by atoms with Gasteiger partial charge < -0.3 is 5.32 Å². The Labute approximate surface area is 113 Å². The molecule has 0 unspecified atom stereocenters. The molecule has 0 saturated carbocycles. The van der Waals surface area contributed by atoms with Gasteiger partial charge in [0.05, 0.1) is 0 Å². The number of benzene rings is 2. The second-order valence-corrected chi connectivity index (χ2v) is 5.00. The molecule has 0 spiro atoms. The summed E-state index contributed by atoms with van der Waals surface area (Å²) in [5, 5.41) is 3.06. The van der Waals surface area contributed by atoms with E-state index in [2.05, 4.69) is 17.4 Å². The fourth-order valence-corrected chi connectivity index (χ4v) is 2.70. The number of fused-ring (bicyclic) bond motifs is 1. The quantitative estimate of drug-likeness (QED) is 0.847. The van der Waals surface area contributed by atoms with Crippen molar-refractivity contribution in [1.82, 2.24) is 0 Å². The van der Waals surface area contributed by atoms with E-state index < -0.39 is 0 Å². The van der Waals surface area contributed by atoms with E-state index in [1.807, 2.05) is 37.4 Å². The highest BCUT2D eigenvalue weighted by Gasteiger charge is 2.15. The molecule has 3 rings (SSSR count). The number of hydrogen-bond donors (Lipinski definition) is 1. The maximum absolute atomic E-state index is 12.5. The highest BCUT2D eigenvalue weighted by Crippen LogP contribution is 2.24. The van der Waals surface area contributed by atoms with Crippen molar-refractivity contribution in [2.24, 2.45) is 0 Å². The summed E-state index contributed by atoms with van der Waals surface area (Å²) in [6.07, 6.45) is 3.47. The maximum Gasteiger partial charge on any atom is 0.193 e. The van der Waals surface area contributed by atoms with Gasteiger partial charge in [-0.15, -0.1) is 0 Å². The summed E-state index contributed by atoms with van der Waals surface area (Å²) < 4.78 is 0. The highest BCUT2D eigenvalue weighted by molar-refractivity contribution is 6.09. The number of aryl methyl sites for hydroxylation is 2. The molecule has 2 aromatic rings. The molecule has 0 amide bonds. The van der Waals surface area contributed by atoms with Gasteiger partial charge in [0.25, 0.3) is 0 Å². The molecule has 0 aliphatic heterocycles. The second-order valence-electron chi connectivity index (χ2n) is 5.00. The first-order valence-corrected chi connectivity index (χ1v) is 6.72. The van der Waals surface area contributed by atoms with Crippen LogP contribution in [0.25, 0.3) is 0 Å². The highest BCUT2D eigenvalue weighted by atomic mass is 16.1. The smallest absolute Gasteiger partial charge is 0.193 e. The topological polar surface area (TPSA) is 29.1 Å². The van der Waals surface area contributed by atoms with Crippen LogP contribution in [0.4, 0.5) is 5.69 Å². The van der Waals surface area contributed by atoms with E-state index in [4.69, 9.17) is 0 Å². The molecule has 0 saturated heterocycles. The zero-order chi connectivity index (χ0) is 13.2. The van der Waals surface area contributed by atoms with Crippen LogP contribution in [-0.4, -0.2) is 12.8 Å². The first-order chi connectivity index (χ1) is 9.28. The molecule has 2 aromatic carbocycles. The minimum Gasteiger partial charge on any atom is -0.388 e. The Balaban J connectivity index is 1.95. The van der Waals surface area contributed by atoms with Gasteiger partial charge in [0, 0.05) is 23.9 Å². The zero-order valence-corrected chi connectivity index (χ0v) is 11.1. The minimum absolute atomic E-state index is 0.104. The van der Waals surface area contributed by atoms with Crippen LogP contribution < -0.4 is 5.32 Å². The van der Waals surface area contributed by atoms with Crippen molar-refractivity contribution in [1.29, 1.82) is 0 Å². The normalized spacial score (nSPS) is 13.1. The third-order valence-corrected chi connectivity index (χ3v) is 3.77. The molecule has 0 heterocycles. The molecule has 0 radical (unpaired) electrons. The standard InChI is InChI=1S/C17H17NO/c1-18-16-7-3-6-14(11-16)17(19)15-9-8-12-4-2-5-13(12)10-15/h3,6-11,18H,2,4-5H2,1H3. The summed E-state index contributed by atoms with van der Waals surface area (Å²) in [6.45, 7) is 0. The Bertz CT molecular complexity index is 631. The lowest BCUT2D eigenvalue weighted by atomic mass is 9.99. The minimum atomic E-state index is 0.104. The number of carbonyl (C=O) groups excluding carboxylic acids is 1. The van der Waals surface area contributed by atoms with E-state index in [0.29, 0.717) is 0 Å². The van der Waals surface area contributed by atoms with E-state index in [-0.39, 0.29) is 5.78 Å². The molecule has 2 nitrogen and oxygen atoms in total. The van der Waals surface area contributed by atoms with Gasteiger partial charge in [0.2, 0.25) is 0 Å². The van der Waals surface area contributed by atoms with Crippen LogP contribution in [-0.2, 0) is 12.8 Å². The molecule has 0 bridgehead atoms. The summed E-state index contributed by atoms with van der Waals surface area (Å²) >= 11 is 0. The Hall–Kier alpha value is -2.09. The summed E-state index contributed by atoms with van der Waals surface area (Å²) in [7, 11) is 1.86. The van der Waals surface area contributed by atoms with Crippen molar-refractivity contribution in [2.45, 2.75) is 19.3 Å². The van der Waals surface area contributed by atoms with Crippen molar-refractivity contribution in [3.05, 3.63) is 64.7 Å². The summed E-state index contributed by atoms with van der Waals surface area (Å²) in [5.41, 5.74) is 5.25. The monoisotopic (exact) mass is 251 g/mol. The lowest BCUT2D eigenvalue weighted by Gasteiger charge is -2.06. The number of anilines is 1. The summed E-state index contributed by atoms with van der Waals surface area (Å²) in [6, 6.07) is 13.8. The number of rotatable bonds is 3. The average Bonchev–Trinajstić information content (AvgIpc) is 2.94. The van der Waals surface area contributed by atoms with Crippen LogP contribution >= 0.6 is 0 Å². The van der Waals surface area contributed by atoms with E-state index in [1.54, 1.807) is 0 Å². The fourth-order valence-electron chi connectivity index (χ4n) is 2.70. The van der Waals surface area contributed by atoms with Crippen molar-refractivity contribution in [2.75, 3.05) is 12.4 Å². The van der Waals surface area contributed by atoms with Gasteiger partial charge in [-0.3, -0.25) is 4.79 Å². The van der Waals surface area contributed by atoms with Crippen LogP contribution in [0.3, 0.4) is 0 Å². The van der Waals surface area contributed by atoms with Crippen LogP contribution in [0.15, 0.2) is 42.5 Å². The molecule has 2 heteroatoms. The van der Waals surface area contributed by atoms with E-state index in [9.17, 15) is 4.79 Å². The largest absolute Gasteiger partial charge is 0.388 e. The Morgan fingerprint density at radius 2 is 1.79 bits per heavy atom. The van der Waals surface area contributed by atoms with Crippen molar-refractivity contribution in [3.63, 3.8) is 0 Å². The molecule has 0 aromatic heterocycles. The van der Waals surface area contributed by atoms with Crippen molar-refractivity contribution >= 4 is 11.5 Å². The molecule has 1 aliphatic rings. The fraction of sp³-hybridized carbons (Fsp3) is 0.235. The van der Waals surface area contributed by atoms with Gasteiger partial charge in [0.1, 0.15) is 0 Å². The van der Waals surface area contributed by atoms with Crippen molar-refractivity contribution < 1.29 is 4.79 Å². The lowest BCUT2D eigenvalue weighted by molar-refractivity contribution is 0.103. The SMILES string of the molecule is CNc1cccc(C(=O)c2ccc3c(c2)CCC3)c1. The van der Waals surface area contributed by atoms with Crippen molar-refractivity contribution in [3.8, 4) is 0 Å². The molecule has 1 aliphatic carbocycles. The number of carbonyl (C=O) groups is 1. The van der Waals surface area contributed by atoms with Gasteiger partial charge in [-0.25, -0.2) is 0 Å². The first kappa shape index (κ1) is 12.0. The zero-order valence-electron chi connectivity index (χ0n) is 11.1.